The van der Waals surface area contributed by atoms with Gasteiger partial charge in [0.05, 0.1) is 31.1 Å². The number of amides is 1. The summed E-state index contributed by atoms with van der Waals surface area (Å²) in [4.78, 5) is 16.6. The topological polar surface area (TPSA) is 89.5 Å². The summed E-state index contributed by atoms with van der Waals surface area (Å²) < 4.78 is 41.4. The first-order valence-electron chi connectivity index (χ1n) is 18.9. The average molecular weight is 744 g/mol. The van der Waals surface area contributed by atoms with E-state index in [1.807, 2.05) is 30.3 Å². The van der Waals surface area contributed by atoms with Crippen LogP contribution in [-0.2, 0) is 44.3 Å². The fraction of sp³-hybridized carbons (Fsp3) is 0.500. The van der Waals surface area contributed by atoms with Crippen LogP contribution in [0.1, 0.15) is 71.6 Å². The number of allylic oxidation sites excluding steroid dienone is 1. The van der Waals surface area contributed by atoms with Gasteiger partial charge in [0.25, 0.3) is 5.91 Å². The van der Waals surface area contributed by atoms with Crippen LogP contribution in [-0.4, -0.2) is 61.4 Å². The molecule has 10 heteroatoms. The van der Waals surface area contributed by atoms with Gasteiger partial charge in [-0.25, -0.2) is 8.93 Å². The van der Waals surface area contributed by atoms with Gasteiger partial charge >= 0.3 is 0 Å². The normalized spacial score (nSPS) is 32.2. The van der Waals surface area contributed by atoms with Crippen LogP contribution in [0.4, 0.5) is 5.69 Å². The highest BCUT2D eigenvalue weighted by atomic mass is 35.5. The van der Waals surface area contributed by atoms with E-state index in [0.29, 0.717) is 50.0 Å². The Hall–Kier alpha value is -3.21. The Morgan fingerprint density at radius 3 is 2.79 bits per heavy atom. The SMILES string of the molecule is CO[C@H]1/C=C/C[C@H](C)CS(=O)(NC[C@H]2Cc3ccccc3CO2)=NC(=O)c2ccc3c(c2)N(C[C@@H]2CC[C@H]21)C[C@@]1(CCCc2cc(Cl)ccc21)CO3. The first-order valence-corrected chi connectivity index (χ1v) is 21.0. The number of ether oxygens (including phenoxy) is 3. The number of nitrogens with zero attached hydrogens (tertiary/aromatic N) is 2. The number of anilines is 1. The first kappa shape index (κ1) is 35.8. The predicted molar refractivity (Wildman–Crippen MR) is 207 cm³/mol. The van der Waals surface area contributed by atoms with Crippen molar-refractivity contribution in [2.75, 3.05) is 44.0 Å². The molecule has 1 fully saturated rings. The maximum Gasteiger partial charge on any atom is 0.286 e. The van der Waals surface area contributed by atoms with Gasteiger partial charge in [-0.2, -0.15) is 0 Å². The number of fused-ring (bicyclic) bond motifs is 5. The van der Waals surface area contributed by atoms with E-state index in [1.54, 1.807) is 13.2 Å². The number of methoxy groups -OCH3 is 1. The van der Waals surface area contributed by atoms with Crippen molar-refractivity contribution in [3.63, 3.8) is 0 Å². The molecule has 5 aliphatic rings. The minimum Gasteiger partial charge on any atom is -0.490 e. The second kappa shape index (κ2) is 14.9. The summed E-state index contributed by atoms with van der Waals surface area (Å²) in [5, 5.41) is 0.763. The van der Waals surface area contributed by atoms with Crippen LogP contribution in [0.25, 0.3) is 0 Å². The Bertz CT molecular complexity index is 1980. The Morgan fingerprint density at radius 2 is 1.96 bits per heavy atom. The lowest BCUT2D eigenvalue weighted by atomic mass is 9.68. The van der Waals surface area contributed by atoms with E-state index in [1.165, 1.54) is 22.3 Å². The van der Waals surface area contributed by atoms with E-state index in [9.17, 15) is 9.00 Å². The number of hydrogen-bond acceptors (Lipinski definition) is 6. The van der Waals surface area contributed by atoms with Crippen LogP contribution in [0, 0.1) is 17.8 Å². The van der Waals surface area contributed by atoms with Gasteiger partial charge in [0.15, 0.2) is 0 Å². The Balaban J connectivity index is 1.15. The predicted octanol–water partition coefficient (Wildman–Crippen LogP) is 7.70. The maximum atomic E-state index is 14.7. The zero-order valence-corrected chi connectivity index (χ0v) is 31.8. The summed E-state index contributed by atoms with van der Waals surface area (Å²) in [5.41, 5.74) is 6.10. The molecule has 3 heterocycles. The number of aryl methyl sites for hydroxylation is 1. The molecule has 2 aliphatic carbocycles. The van der Waals surface area contributed by atoms with E-state index in [0.717, 1.165) is 61.7 Å². The van der Waals surface area contributed by atoms with Crippen molar-refractivity contribution < 1.29 is 23.2 Å². The second-order valence-electron chi connectivity index (χ2n) is 15.7. The van der Waals surface area contributed by atoms with Crippen LogP contribution >= 0.6 is 11.6 Å². The quantitative estimate of drug-likeness (QED) is 0.276. The van der Waals surface area contributed by atoms with Gasteiger partial charge in [0, 0.05) is 54.9 Å². The molecule has 1 amide bonds. The molecule has 1 N–H and O–H groups in total. The van der Waals surface area contributed by atoms with Crippen molar-refractivity contribution in [1.29, 1.82) is 0 Å². The largest absolute Gasteiger partial charge is 0.490 e. The third kappa shape index (κ3) is 7.32. The van der Waals surface area contributed by atoms with Crippen LogP contribution < -0.4 is 14.4 Å². The number of rotatable bonds is 4. The Labute approximate surface area is 313 Å². The number of nitrogens with one attached hydrogen (secondary N) is 1. The van der Waals surface area contributed by atoms with Crippen molar-refractivity contribution in [3.05, 3.63) is 106 Å². The summed E-state index contributed by atoms with van der Waals surface area (Å²) in [5.74, 6) is 1.35. The zero-order valence-electron chi connectivity index (χ0n) is 30.2. The summed E-state index contributed by atoms with van der Waals surface area (Å²) in [6.45, 7) is 5.05. The van der Waals surface area contributed by atoms with Crippen molar-refractivity contribution in [2.24, 2.45) is 22.1 Å². The molecule has 8 nitrogen and oxygen atoms in total. The Morgan fingerprint density at radius 1 is 1.10 bits per heavy atom. The van der Waals surface area contributed by atoms with Crippen molar-refractivity contribution in [1.82, 2.24) is 4.72 Å². The molecule has 1 saturated carbocycles. The number of benzene rings is 3. The number of halogens is 1. The highest BCUT2D eigenvalue weighted by Gasteiger charge is 2.44. The van der Waals surface area contributed by atoms with Crippen molar-refractivity contribution in [2.45, 2.75) is 76.1 Å². The Kier molecular flexibility index (Phi) is 10.3. The van der Waals surface area contributed by atoms with Gasteiger partial charge in [0.2, 0.25) is 0 Å². The third-order valence-corrected chi connectivity index (χ3v) is 14.4. The van der Waals surface area contributed by atoms with Crippen LogP contribution in [0.2, 0.25) is 5.02 Å². The molecule has 3 aliphatic heterocycles. The average Bonchev–Trinajstić information content (AvgIpc) is 3.28. The van der Waals surface area contributed by atoms with Crippen LogP contribution in [0.15, 0.2) is 77.2 Å². The fourth-order valence-corrected chi connectivity index (χ4v) is 11.3. The van der Waals surface area contributed by atoms with Gasteiger partial charge in [-0.05, 0) is 109 Å². The highest BCUT2D eigenvalue weighted by Crippen LogP contribution is 2.47. The molecular weight excluding hydrogens is 694 g/mol. The smallest absolute Gasteiger partial charge is 0.286 e. The van der Waals surface area contributed by atoms with Gasteiger partial charge in [-0.3, -0.25) is 4.79 Å². The molecule has 2 bridgehead atoms. The zero-order chi connectivity index (χ0) is 35.9. The van der Waals surface area contributed by atoms with E-state index in [2.05, 4.69) is 57.3 Å². The lowest BCUT2D eigenvalue weighted by molar-refractivity contribution is 0.0131. The second-order valence-corrected chi connectivity index (χ2v) is 18.2. The number of hydrogen-bond donors (Lipinski definition) is 1. The van der Waals surface area contributed by atoms with Crippen LogP contribution in [0.3, 0.4) is 0 Å². The van der Waals surface area contributed by atoms with Gasteiger partial charge in [-0.1, -0.05) is 61.0 Å². The van der Waals surface area contributed by atoms with E-state index in [4.69, 9.17) is 25.8 Å². The molecule has 3 aromatic carbocycles. The van der Waals surface area contributed by atoms with E-state index >= 15 is 0 Å². The molecule has 3 aromatic rings. The van der Waals surface area contributed by atoms with Gasteiger partial charge in [-0.15, -0.1) is 4.36 Å². The van der Waals surface area contributed by atoms with Crippen molar-refractivity contribution in [3.8, 4) is 5.75 Å². The summed E-state index contributed by atoms with van der Waals surface area (Å²) >= 11 is 6.48. The molecule has 0 radical (unpaired) electrons. The third-order valence-electron chi connectivity index (χ3n) is 12.1. The molecule has 0 aromatic heterocycles. The van der Waals surface area contributed by atoms with Crippen molar-refractivity contribution >= 4 is 33.1 Å². The molecule has 52 heavy (non-hydrogen) atoms. The van der Waals surface area contributed by atoms with E-state index in [-0.39, 0.29) is 29.3 Å². The molecule has 7 atom stereocenters. The van der Waals surface area contributed by atoms with Gasteiger partial charge in [0.1, 0.15) is 15.7 Å². The monoisotopic (exact) mass is 743 g/mol. The molecule has 8 rings (SSSR count). The molecule has 1 spiro atoms. The summed E-state index contributed by atoms with van der Waals surface area (Å²) in [6.07, 6.45) is 10.9. The minimum atomic E-state index is -3.15. The minimum absolute atomic E-state index is 0.000490. The van der Waals surface area contributed by atoms with Gasteiger partial charge < -0.3 is 19.1 Å². The van der Waals surface area contributed by atoms with E-state index < -0.39 is 15.8 Å². The standard InChI is InChI=1S/C42H50ClN3O5S/c1-28-7-5-11-39(49-2)36-15-12-32(36)23-46-26-42(18-6-10-30-19-34(43)14-16-37(30)42)27-51-40-17-13-31(21-38(40)46)41(47)45-52(48,25-28)44-22-35-20-29-8-3-4-9-33(29)24-50-35/h3-5,8-9,11,13-14,16-17,19,21,28,32,35-36,39H,6-7,10,12,15,18,20,22-27H2,1-2H3,(H,44,45,47,48)/b11-5+/t28-,32-,35+,36+,39-,42-,52?/m0/s1. The highest BCUT2D eigenvalue weighted by molar-refractivity contribution is 7.92. The summed E-state index contributed by atoms with van der Waals surface area (Å²) in [7, 11) is -1.34. The lowest BCUT2D eigenvalue weighted by Gasteiger charge is -2.46. The molecule has 0 saturated heterocycles. The molecule has 1 unspecified atom stereocenters. The molecular formula is C42H50ClN3O5S. The number of carbonyl (C=O) groups is 1. The summed E-state index contributed by atoms with van der Waals surface area (Å²) in [6, 6.07) is 20.2. The first-order chi connectivity index (χ1) is 25.2. The molecule has 276 valence electrons. The lowest BCUT2D eigenvalue weighted by Crippen LogP contribution is -2.49. The maximum absolute atomic E-state index is 14.7. The van der Waals surface area contributed by atoms with Crippen LogP contribution in [0.5, 0.6) is 5.75 Å². The fourth-order valence-electron chi connectivity index (χ4n) is 9.16. The number of carbonyl (C=O) groups excluding carboxylic acids is 1.